The number of Topliss-reactive ketones (excluding diaryl/α,β-unsaturated/α-hetero) is 2. The van der Waals surface area contributed by atoms with Gasteiger partial charge in [0.25, 0.3) is 0 Å². The Kier molecular flexibility index (Phi) is 10.0. The van der Waals surface area contributed by atoms with E-state index in [4.69, 9.17) is 4.74 Å². The van der Waals surface area contributed by atoms with Crippen LogP contribution in [0.4, 0.5) is 4.79 Å². The molecule has 0 unspecified atom stereocenters. The molecule has 0 aromatic carbocycles. The van der Waals surface area contributed by atoms with E-state index in [-0.39, 0.29) is 63.3 Å². The van der Waals surface area contributed by atoms with E-state index in [1.807, 2.05) is 46.8 Å². The van der Waals surface area contributed by atoms with Crippen molar-refractivity contribution in [3.8, 4) is 0 Å². The Morgan fingerprint density at radius 3 is 2.43 bits per heavy atom. The van der Waals surface area contributed by atoms with Gasteiger partial charge >= 0.3 is 6.09 Å². The van der Waals surface area contributed by atoms with Crippen molar-refractivity contribution in [3.05, 3.63) is 12.2 Å². The number of nitrogens with one attached hydrogen (secondary N) is 2. The molecule has 0 radical (unpaired) electrons. The quantitative estimate of drug-likeness (QED) is 0.652. The maximum absolute atomic E-state index is 13.2. The van der Waals surface area contributed by atoms with Crippen molar-refractivity contribution in [2.45, 2.75) is 77.4 Å². The first kappa shape index (κ1) is 26.7. The highest BCUT2D eigenvalue weighted by atomic mass is 32.1. The van der Waals surface area contributed by atoms with Crippen LogP contribution in [0.2, 0.25) is 0 Å². The number of nitrogens with zero attached hydrogens (tertiary/aromatic N) is 1. The summed E-state index contributed by atoms with van der Waals surface area (Å²) in [6.45, 7) is 10.6. The van der Waals surface area contributed by atoms with E-state index in [1.165, 1.54) is 0 Å². The molecule has 0 aromatic rings. The van der Waals surface area contributed by atoms with Crippen molar-refractivity contribution in [1.82, 2.24) is 15.5 Å². The van der Waals surface area contributed by atoms with Crippen molar-refractivity contribution in [3.63, 3.8) is 0 Å². The van der Waals surface area contributed by atoms with Crippen LogP contribution in [0.1, 0.15) is 60.3 Å². The molecule has 3 aliphatic rings. The minimum atomic E-state index is -0.797. The Balaban J connectivity index is 0.00000450. The molecule has 2 N–H and O–H groups in total. The zero-order chi connectivity index (χ0) is 21.7. The molecule has 2 bridgehead atoms. The summed E-state index contributed by atoms with van der Waals surface area (Å²) in [7, 11) is 0. The maximum Gasteiger partial charge on any atom is 0.410 e. The summed E-state index contributed by atoms with van der Waals surface area (Å²) in [6, 6.07) is 0.0920. The molecule has 172 valence electrons. The van der Waals surface area contributed by atoms with Crippen LogP contribution < -0.4 is 10.6 Å². The average molecular weight is 442 g/mol. The molecule has 1 atom stereocenters. The van der Waals surface area contributed by atoms with Gasteiger partial charge in [-0.25, -0.2) is 4.79 Å². The largest absolute Gasteiger partial charge is 0.445 e. The van der Waals surface area contributed by atoms with Gasteiger partial charge in [-0.05, 0) is 40.0 Å². The number of rotatable bonds is 4. The molecule has 1 saturated heterocycles. The van der Waals surface area contributed by atoms with Crippen molar-refractivity contribution in [2.75, 3.05) is 26.2 Å². The van der Waals surface area contributed by atoms with Gasteiger partial charge in [-0.1, -0.05) is 32.4 Å². The number of ketones is 2. The van der Waals surface area contributed by atoms with Gasteiger partial charge < -0.3 is 9.64 Å². The fourth-order valence-electron chi connectivity index (χ4n) is 4.15. The van der Waals surface area contributed by atoms with E-state index < -0.39 is 17.2 Å². The minimum Gasteiger partial charge on any atom is -0.445 e. The number of fused-ring (bicyclic) bond motifs is 11. The van der Waals surface area contributed by atoms with Crippen LogP contribution in [0.25, 0.3) is 0 Å². The van der Waals surface area contributed by atoms with E-state index >= 15 is 0 Å². The normalized spacial score (nSPS) is 28.7. The summed E-state index contributed by atoms with van der Waals surface area (Å²) in [5.41, 5.74) is -1.53. The van der Waals surface area contributed by atoms with Crippen molar-refractivity contribution < 1.29 is 19.1 Å². The zero-order valence-corrected chi connectivity index (χ0v) is 20.0. The lowest BCUT2D eigenvalue weighted by atomic mass is 9.81. The van der Waals surface area contributed by atoms with Crippen molar-refractivity contribution in [1.29, 1.82) is 0 Å². The Morgan fingerprint density at radius 1 is 1.17 bits per heavy atom. The first-order valence-electron chi connectivity index (χ1n) is 10.8. The smallest absolute Gasteiger partial charge is 0.410 e. The summed E-state index contributed by atoms with van der Waals surface area (Å²) in [6.07, 6.45) is 6.84. The molecule has 0 aliphatic carbocycles. The van der Waals surface area contributed by atoms with Gasteiger partial charge in [-0.15, -0.1) is 0 Å². The molecule has 0 spiro atoms. The summed E-state index contributed by atoms with van der Waals surface area (Å²) < 4.78 is 5.27. The number of allylic oxidation sites excluding steroid dienone is 1. The molecule has 3 aliphatic heterocycles. The third-order valence-corrected chi connectivity index (χ3v) is 5.75. The number of ether oxygens (including phenoxy) is 1. The lowest BCUT2D eigenvalue weighted by Gasteiger charge is -2.49. The second-order valence-electron chi connectivity index (χ2n) is 9.16. The highest BCUT2D eigenvalue weighted by Crippen LogP contribution is 2.26. The van der Waals surface area contributed by atoms with Gasteiger partial charge in [0.15, 0.2) is 11.6 Å². The molecule has 30 heavy (non-hydrogen) atoms. The summed E-state index contributed by atoms with van der Waals surface area (Å²) >= 11 is 0. The summed E-state index contributed by atoms with van der Waals surface area (Å²) in [5, 5.41) is 6.62. The van der Waals surface area contributed by atoms with E-state index in [9.17, 15) is 14.4 Å². The standard InChI is InChI=1S/C22H37N3O4.H2S/c1-16(2)19(27)21(5)11-9-7-6-8-10-12-29-20(28)25-14-22(15-25,24-17(3)4)18(26)13-23-21;/h8,10,16-17,23-24H,6-7,9,11-15H2,1-5H3;1H2/t21-;/m0./s1. The lowest BCUT2D eigenvalue weighted by Crippen LogP contribution is -2.76. The second kappa shape index (κ2) is 11.3. The van der Waals surface area contributed by atoms with Crippen LogP contribution in [0, 0.1) is 5.92 Å². The number of hydrogen-bond acceptors (Lipinski definition) is 6. The lowest BCUT2D eigenvalue weighted by molar-refractivity contribution is -0.133. The third-order valence-electron chi connectivity index (χ3n) is 5.75. The van der Waals surface area contributed by atoms with Gasteiger partial charge in [0, 0.05) is 12.0 Å². The van der Waals surface area contributed by atoms with E-state index in [1.54, 1.807) is 4.90 Å². The second-order valence-corrected chi connectivity index (χ2v) is 9.16. The van der Waals surface area contributed by atoms with Gasteiger partial charge in [0.1, 0.15) is 12.1 Å². The van der Waals surface area contributed by atoms with Crippen LogP contribution in [0.5, 0.6) is 0 Å². The molecule has 7 nitrogen and oxygen atoms in total. The molecule has 0 aromatic heterocycles. The van der Waals surface area contributed by atoms with Gasteiger partial charge in [0.2, 0.25) is 0 Å². The summed E-state index contributed by atoms with van der Waals surface area (Å²) in [4.78, 5) is 39.8. The Hall–Kier alpha value is -1.38. The monoisotopic (exact) mass is 441 g/mol. The Bertz CT molecular complexity index is 644. The topological polar surface area (TPSA) is 87.7 Å². The fourth-order valence-corrected chi connectivity index (χ4v) is 4.15. The first-order chi connectivity index (χ1) is 13.6. The van der Waals surface area contributed by atoms with Crippen LogP contribution in [0.3, 0.4) is 0 Å². The highest BCUT2D eigenvalue weighted by molar-refractivity contribution is 7.59. The highest BCUT2D eigenvalue weighted by Gasteiger charge is 2.51. The predicted octanol–water partition coefficient (Wildman–Crippen LogP) is 2.56. The van der Waals surface area contributed by atoms with Gasteiger partial charge in [0.05, 0.1) is 25.2 Å². The molecule has 0 saturated carbocycles. The maximum atomic E-state index is 13.2. The molecular formula is C22H39N3O4S. The summed E-state index contributed by atoms with van der Waals surface area (Å²) in [5.74, 6) is 0.00136. The fraction of sp³-hybridized carbons (Fsp3) is 0.773. The van der Waals surface area contributed by atoms with Gasteiger partial charge in [-0.3, -0.25) is 20.2 Å². The predicted molar refractivity (Wildman–Crippen MR) is 123 cm³/mol. The van der Waals surface area contributed by atoms with Crippen LogP contribution in [-0.4, -0.2) is 65.9 Å². The molecular weight excluding hydrogens is 402 g/mol. The van der Waals surface area contributed by atoms with E-state index in [2.05, 4.69) is 10.6 Å². The molecule has 8 heteroatoms. The third kappa shape index (κ3) is 6.56. The average Bonchev–Trinajstić information content (AvgIpc) is 2.62. The Morgan fingerprint density at radius 2 is 1.83 bits per heavy atom. The Labute approximate surface area is 187 Å². The van der Waals surface area contributed by atoms with Gasteiger partial charge in [-0.2, -0.15) is 13.5 Å². The van der Waals surface area contributed by atoms with E-state index in [0.717, 1.165) is 19.3 Å². The number of carbonyl (C=O) groups excluding carboxylic acids is 3. The number of hydrogen-bond donors (Lipinski definition) is 2. The molecule has 3 rings (SSSR count). The molecule has 1 fully saturated rings. The van der Waals surface area contributed by atoms with Crippen molar-refractivity contribution >= 4 is 31.2 Å². The first-order valence-corrected chi connectivity index (χ1v) is 10.8. The number of amides is 1. The number of carbonyl (C=O) groups is 3. The van der Waals surface area contributed by atoms with Crippen LogP contribution in [-0.2, 0) is 14.3 Å². The van der Waals surface area contributed by atoms with Crippen molar-refractivity contribution in [2.24, 2.45) is 5.92 Å². The molecule has 3 heterocycles. The SMILES string of the molecule is CC(C)NC12CN(C1)C(=O)OCC=CCCCC[C@@](C)(C(=O)C(C)C)NCC2=O.S. The molecule has 1 amide bonds. The van der Waals surface area contributed by atoms with Crippen LogP contribution >= 0.6 is 13.5 Å². The van der Waals surface area contributed by atoms with Crippen LogP contribution in [0.15, 0.2) is 12.2 Å². The zero-order valence-electron chi connectivity index (χ0n) is 19.0. The minimum absolute atomic E-state index is 0. The van der Waals surface area contributed by atoms with E-state index in [0.29, 0.717) is 6.42 Å².